The number of non-ortho nitro benzene ring substituents is 1. The minimum Gasteiger partial charge on any atom is -0.380 e. The largest absolute Gasteiger partial charge is 0.380 e. The van der Waals surface area contributed by atoms with Crippen LogP contribution in [0, 0.1) is 10.1 Å². The van der Waals surface area contributed by atoms with Crippen molar-refractivity contribution in [2.45, 2.75) is 25.4 Å². The summed E-state index contributed by atoms with van der Waals surface area (Å²) in [7, 11) is 0. The number of aromatic nitrogens is 3. The van der Waals surface area contributed by atoms with E-state index in [1.54, 1.807) is 6.20 Å². The van der Waals surface area contributed by atoms with Crippen LogP contribution < -0.4 is 10.9 Å². The molecule has 31 heavy (non-hydrogen) atoms. The van der Waals surface area contributed by atoms with Crippen molar-refractivity contribution in [3.63, 3.8) is 0 Å². The SMILES string of the molecule is O=c1c(Cl)c(NC2CCN(Cc3ccccn3)CC2)cnn1-c1ccc([N+](=O)[O-])cc1. The summed E-state index contributed by atoms with van der Waals surface area (Å²) in [5.74, 6) is 0. The van der Waals surface area contributed by atoms with Gasteiger partial charge >= 0.3 is 0 Å². The topological polar surface area (TPSA) is 106 Å². The van der Waals surface area contributed by atoms with Crippen molar-refractivity contribution in [3.8, 4) is 5.69 Å². The predicted molar refractivity (Wildman–Crippen MR) is 118 cm³/mol. The highest BCUT2D eigenvalue weighted by molar-refractivity contribution is 6.33. The summed E-state index contributed by atoms with van der Waals surface area (Å²) in [4.78, 5) is 29.7. The van der Waals surface area contributed by atoms with Crippen molar-refractivity contribution in [3.05, 3.63) is 86.0 Å². The molecule has 1 aliphatic rings. The lowest BCUT2D eigenvalue weighted by molar-refractivity contribution is -0.384. The van der Waals surface area contributed by atoms with Crippen LogP contribution in [0.2, 0.25) is 5.02 Å². The van der Waals surface area contributed by atoms with Crippen molar-refractivity contribution >= 4 is 23.0 Å². The zero-order valence-corrected chi connectivity index (χ0v) is 17.4. The molecule has 0 spiro atoms. The Bertz CT molecular complexity index is 1110. The molecule has 0 saturated carbocycles. The number of hydrogen-bond donors (Lipinski definition) is 1. The van der Waals surface area contributed by atoms with E-state index < -0.39 is 10.5 Å². The van der Waals surface area contributed by atoms with E-state index in [1.807, 2.05) is 18.2 Å². The van der Waals surface area contributed by atoms with Crippen LogP contribution in [0.3, 0.4) is 0 Å². The van der Waals surface area contributed by atoms with Gasteiger partial charge in [-0.3, -0.25) is 24.8 Å². The first-order valence-electron chi connectivity index (χ1n) is 9.93. The predicted octanol–water partition coefficient (Wildman–Crippen LogP) is 3.27. The van der Waals surface area contributed by atoms with Gasteiger partial charge in [-0.15, -0.1) is 0 Å². The fourth-order valence-corrected chi connectivity index (χ4v) is 3.79. The minimum atomic E-state index is -0.498. The maximum atomic E-state index is 12.7. The molecule has 0 unspecified atom stereocenters. The van der Waals surface area contributed by atoms with Crippen molar-refractivity contribution in [1.82, 2.24) is 19.7 Å². The Balaban J connectivity index is 1.40. The number of hydrogen-bond acceptors (Lipinski definition) is 7. The number of nitro benzene ring substituents is 1. The highest BCUT2D eigenvalue weighted by Crippen LogP contribution is 2.22. The summed E-state index contributed by atoms with van der Waals surface area (Å²) in [5.41, 5.74) is 1.42. The van der Waals surface area contributed by atoms with E-state index in [0.717, 1.165) is 42.9 Å². The van der Waals surface area contributed by atoms with Crippen LogP contribution in [-0.2, 0) is 6.54 Å². The van der Waals surface area contributed by atoms with Gasteiger partial charge in [-0.2, -0.15) is 9.78 Å². The van der Waals surface area contributed by atoms with Crippen LogP contribution in [0.1, 0.15) is 18.5 Å². The molecule has 0 radical (unpaired) electrons. The van der Waals surface area contributed by atoms with Gasteiger partial charge in [0.2, 0.25) is 0 Å². The third-order valence-electron chi connectivity index (χ3n) is 5.28. The lowest BCUT2D eigenvalue weighted by atomic mass is 10.0. The number of nitrogens with one attached hydrogen (secondary N) is 1. The Morgan fingerprint density at radius 2 is 1.90 bits per heavy atom. The van der Waals surface area contributed by atoms with E-state index in [2.05, 4.69) is 20.3 Å². The first kappa shape index (κ1) is 21.0. The van der Waals surface area contributed by atoms with E-state index in [0.29, 0.717) is 11.4 Å². The van der Waals surface area contributed by atoms with Crippen LogP contribution in [0.4, 0.5) is 11.4 Å². The van der Waals surface area contributed by atoms with Gasteiger partial charge in [-0.1, -0.05) is 17.7 Å². The van der Waals surface area contributed by atoms with Gasteiger partial charge in [0, 0.05) is 44.0 Å². The number of anilines is 1. The second-order valence-electron chi connectivity index (χ2n) is 7.38. The Morgan fingerprint density at radius 1 is 1.16 bits per heavy atom. The van der Waals surface area contributed by atoms with Crippen molar-refractivity contribution in [2.24, 2.45) is 0 Å². The molecular weight excluding hydrogens is 420 g/mol. The van der Waals surface area contributed by atoms with Gasteiger partial charge in [-0.25, -0.2) is 0 Å². The molecule has 4 rings (SSSR count). The Morgan fingerprint density at radius 3 is 2.55 bits per heavy atom. The average Bonchev–Trinajstić information content (AvgIpc) is 2.79. The third kappa shape index (κ3) is 4.89. The molecule has 1 fully saturated rings. The van der Waals surface area contributed by atoms with E-state index in [1.165, 1.54) is 30.5 Å². The molecule has 0 bridgehead atoms. The molecule has 0 aliphatic carbocycles. The van der Waals surface area contributed by atoms with Crippen molar-refractivity contribution in [2.75, 3.05) is 18.4 Å². The molecule has 10 heteroatoms. The smallest absolute Gasteiger partial charge is 0.292 e. The number of piperidine rings is 1. The molecule has 1 saturated heterocycles. The number of halogens is 1. The number of pyridine rings is 1. The van der Waals surface area contributed by atoms with E-state index >= 15 is 0 Å². The number of likely N-dealkylation sites (tertiary alicyclic amines) is 1. The van der Waals surface area contributed by atoms with Crippen LogP contribution in [0.5, 0.6) is 0 Å². The first-order chi connectivity index (χ1) is 15.0. The zero-order chi connectivity index (χ0) is 21.8. The Kier molecular flexibility index (Phi) is 6.24. The number of nitro groups is 1. The molecule has 0 atom stereocenters. The normalized spacial score (nSPS) is 15.0. The van der Waals surface area contributed by atoms with Crippen LogP contribution in [-0.4, -0.2) is 43.7 Å². The molecule has 1 N–H and O–H groups in total. The zero-order valence-electron chi connectivity index (χ0n) is 16.6. The fraction of sp³-hybridized carbons (Fsp3) is 0.286. The van der Waals surface area contributed by atoms with Gasteiger partial charge in [-0.05, 0) is 37.1 Å². The number of rotatable bonds is 6. The van der Waals surface area contributed by atoms with E-state index in [9.17, 15) is 14.9 Å². The van der Waals surface area contributed by atoms with Crippen molar-refractivity contribution < 1.29 is 4.92 Å². The van der Waals surface area contributed by atoms with Crippen LogP contribution >= 0.6 is 11.6 Å². The second kappa shape index (κ2) is 9.23. The molecule has 2 aromatic heterocycles. The monoisotopic (exact) mass is 440 g/mol. The molecule has 1 aliphatic heterocycles. The van der Waals surface area contributed by atoms with Crippen LogP contribution in [0.15, 0.2) is 59.7 Å². The highest BCUT2D eigenvalue weighted by atomic mass is 35.5. The highest BCUT2D eigenvalue weighted by Gasteiger charge is 2.21. The van der Waals surface area contributed by atoms with Gasteiger partial charge in [0.05, 0.1) is 28.2 Å². The number of nitrogens with zero attached hydrogens (tertiary/aromatic N) is 5. The van der Waals surface area contributed by atoms with E-state index in [-0.39, 0.29) is 16.8 Å². The second-order valence-corrected chi connectivity index (χ2v) is 7.76. The molecule has 160 valence electrons. The lowest BCUT2D eigenvalue weighted by Crippen LogP contribution is -2.39. The molecule has 9 nitrogen and oxygen atoms in total. The van der Waals surface area contributed by atoms with Gasteiger partial charge in [0.25, 0.3) is 11.2 Å². The summed E-state index contributed by atoms with van der Waals surface area (Å²) in [6.07, 6.45) is 5.14. The Labute approximate surface area is 183 Å². The molecule has 3 heterocycles. The maximum absolute atomic E-state index is 12.7. The van der Waals surface area contributed by atoms with Crippen molar-refractivity contribution in [1.29, 1.82) is 0 Å². The summed E-state index contributed by atoms with van der Waals surface area (Å²) < 4.78 is 1.13. The van der Waals surface area contributed by atoms with Gasteiger partial charge < -0.3 is 5.32 Å². The van der Waals surface area contributed by atoms with Gasteiger partial charge in [0.15, 0.2) is 0 Å². The summed E-state index contributed by atoms with van der Waals surface area (Å²) >= 11 is 6.32. The average molecular weight is 441 g/mol. The molecule has 3 aromatic rings. The van der Waals surface area contributed by atoms with Gasteiger partial charge in [0.1, 0.15) is 5.02 Å². The number of benzene rings is 1. The summed E-state index contributed by atoms with van der Waals surface area (Å²) in [5, 5.41) is 18.4. The summed E-state index contributed by atoms with van der Waals surface area (Å²) in [6, 6.07) is 11.7. The lowest BCUT2D eigenvalue weighted by Gasteiger charge is -2.32. The van der Waals surface area contributed by atoms with Crippen LogP contribution in [0.25, 0.3) is 5.69 Å². The minimum absolute atomic E-state index is 0.0456. The Hall–Kier alpha value is -3.30. The maximum Gasteiger partial charge on any atom is 0.292 e. The third-order valence-corrected chi connectivity index (χ3v) is 5.65. The molecule has 0 amide bonds. The first-order valence-corrected chi connectivity index (χ1v) is 10.3. The fourth-order valence-electron chi connectivity index (χ4n) is 3.61. The summed E-state index contributed by atoms with van der Waals surface area (Å²) in [6.45, 7) is 2.65. The quantitative estimate of drug-likeness (QED) is 0.463. The molecular formula is C21H21ClN6O3. The molecule has 1 aromatic carbocycles. The van der Waals surface area contributed by atoms with E-state index in [4.69, 9.17) is 11.6 Å². The standard InChI is InChI=1S/C21H21ClN6O3/c22-20-19(13-24-27(21(20)29)17-4-6-18(7-5-17)28(30)31)25-15-8-11-26(12-9-15)14-16-3-1-2-10-23-16/h1-7,10,13,15,25H,8-9,11-12,14H2.